The number of nitrogens with one attached hydrogen (secondary N) is 4. The van der Waals surface area contributed by atoms with Crippen molar-refractivity contribution < 1.29 is 4.39 Å². The second-order valence-corrected chi connectivity index (χ2v) is 7.57. The maximum absolute atomic E-state index is 14.2. The summed E-state index contributed by atoms with van der Waals surface area (Å²) < 4.78 is 14.2. The van der Waals surface area contributed by atoms with Crippen LogP contribution in [-0.4, -0.2) is 30.1 Å². The Morgan fingerprint density at radius 2 is 2.10 bits per heavy atom. The minimum absolute atomic E-state index is 0.0585. The topological polar surface area (TPSA) is 107 Å². The number of fused-ring (bicyclic) bond motifs is 1. The first-order chi connectivity index (χ1) is 14.0. The van der Waals surface area contributed by atoms with E-state index in [0.717, 1.165) is 47.2 Å². The van der Waals surface area contributed by atoms with Gasteiger partial charge in [-0.2, -0.15) is 10.1 Å². The third-order valence-corrected chi connectivity index (χ3v) is 5.01. The number of aryl methyl sites for hydroxylation is 1. The van der Waals surface area contributed by atoms with Crippen molar-refractivity contribution in [1.29, 1.82) is 0 Å². The molecule has 0 amide bonds. The monoisotopic (exact) mass is 412 g/mol. The zero-order valence-electron chi connectivity index (χ0n) is 15.6. The summed E-state index contributed by atoms with van der Waals surface area (Å²) in [5.74, 6) is 1.65. The third-order valence-electron chi connectivity index (χ3n) is 4.79. The second-order valence-electron chi connectivity index (χ2n) is 7.13. The number of anilines is 3. The number of aromatic nitrogens is 6. The number of hydrogen-bond acceptors (Lipinski definition) is 6. The van der Waals surface area contributed by atoms with E-state index in [1.54, 1.807) is 0 Å². The van der Waals surface area contributed by atoms with E-state index >= 15 is 0 Å². The van der Waals surface area contributed by atoms with Crippen LogP contribution < -0.4 is 10.6 Å². The first-order valence-electron chi connectivity index (χ1n) is 9.28. The van der Waals surface area contributed by atoms with Crippen LogP contribution >= 0.6 is 11.6 Å². The number of nitrogens with zero attached hydrogens (tertiary/aromatic N) is 4. The Bertz CT molecular complexity index is 1200. The molecule has 4 aromatic rings. The lowest BCUT2D eigenvalue weighted by atomic mass is 10.2. The van der Waals surface area contributed by atoms with Gasteiger partial charge in [-0.05, 0) is 31.9 Å². The average Bonchev–Trinajstić information content (AvgIpc) is 3.32. The summed E-state index contributed by atoms with van der Waals surface area (Å²) in [6, 6.07) is 5.55. The maximum Gasteiger partial charge on any atom is 0.225 e. The van der Waals surface area contributed by atoms with Crippen LogP contribution in [0.4, 0.5) is 22.0 Å². The van der Waals surface area contributed by atoms with Crippen molar-refractivity contribution in [2.75, 3.05) is 10.6 Å². The van der Waals surface area contributed by atoms with E-state index in [-0.39, 0.29) is 11.8 Å². The van der Waals surface area contributed by atoms with Gasteiger partial charge in [0.15, 0.2) is 17.5 Å². The van der Waals surface area contributed by atoms with Crippen molar-refractivity contribution in [3.8, 4) is 0 Å². The van der Waals surface area contributed by atoms with Crippen LogP contribution in [0.1, 0.15) is 35.8 Å². The number of halogens is 2. The molecule has 1 saturated carbocycles. The fourth-order valence-electron chi connectivity index (χ4n) is 3.25. The molecule has 1 fully saturated rings. The van der Waals surface area contributed by atoms with Gasteiger partial charge in [-0.25, -0.2) is 14.4 Å². The Kier molecular flexibility index (Phi) is 4.31. The molecule has 0 spiro atoms. The van der Waals surface area contributed by atoms with Gasteiger partial charge in [0.25, 0.3) is 0 Å². The molecule has 0 aliphatic heterocycles. The highest BCUT2D eigenvalue weighted by atomic mass is 35.5. The van der Waals surface area contributed by atoms with Crippen LogP contribution in [0.5, 0.6) is 0 Å². The summed E-state index contributed by atoms with van der Waals surface area (Å²) in [5.41, 5.74) is 3.63. The fourth-order valence-corrected chi connectivity index (χ4v) is 3.49. The number of aromatic amines is 2. The van der Waals surface area contributed by atoms with Crippen molar-refractivity contribution >= 4 is 40.2 Å². The number of benzene rings is 1. The van der Waals surface area contributed by atoms with E-state index in [2.05, 4.69) is 40.8 Å². The molecule has 0 saturated heterocycles. The van der Waals surface area contributed by atoms with Gasteiger partial charge < -0.3 is 15.6 Å². The summed E-state index contributed by atoms with van der Waals surface area (Å²) in [6.45, 7) is 2.27. The van der Waals surface area contributed by atoms with Crippen LogP contribution in [0.25, 0.3) is 11.0 Å². The average molecular weight is 413 g/mol. The Morgan fingerprint density at radius 3 is 2.93 bits per heavy atom. The van der Waals surface area contributed by atoms with Crippen molar-refractivity contribution in [1.82, 2.24) is 30.1 Å². The van der Waals surface area contributed by atoms with Gasteiger partial charge in [0.2, 0.25) is 5.95 Å². The molecule has 4 N–H and O–H groups in total. The van der Waals surface area contributed by atoms with Crippen molar-refractivity contribution in [3.63, 3.8) is 0 Å². The van der Waals surface area contributed by atoms with E-state index in [4.69, 9.17) is 11.6 Å². The van der Waals surface area contributed by atoms with Crippen LogP contribution in [-0.2, 0) is 6.54 Å². The van der Waals surface area contributed by atoms with Crippen LogP contribution in [0.3, 0.4) is 0 Å². The van der Waals surface area contributed by atoms with Gasteiger partial charge in [-0.3, -0.25) is 5.10 Å². The molecule has 10 heteroatoms. The lowest BCUT2D eigenvalue weighted by Gasteiger charge is -2.09. The molecule has 8 nitrogen and oxygen atoms in total. The van der Waals surface area contributed by atoms with Gasteiger partial charge in [0.1, 0.15) is 5.82 Å². The highest BCUT2D eigenvalue weighted by Crippen LogP contribution is 2.39. The molecule has 1 aromatic carbocycles. The molecule has 0 unspecified atom stereocenters. The lowest BCUT2D eigenvalue weighted by molar-refractivity contribution is 0.619. The molecule has 0 radical (unpaired) electrons. The number of H-pyrrole nitrogens is 2. The van der Waals surface area contributed by atoms with Gasteiger partial charge in [-0.1, -0.05) is 11.6 Å². The van der Waals surface area contributed by atoms with E-state index in [1.807, 2.05) is 25.1 Å². The highest BCUT2D eigenvalue weighted by molar-refractivity contribution is 6.31. The molecule has 1 aliphatic rings. The van der Waals surface area contributed by atoms with E-state index < -0.39 is 5.82 Å². The van der Waals surface area contributed by atoms with Crippen molar-refractivity contribution in [2.45, 2.75) is 32.2 Å². The van der Waals surface area contributed by atoms with E-state index in [0.29, 0.717) is 23.3 Å². The zero-order chi connectivity index (χ0) is 20.0. The summed E-state index contributed by atoms with van der Waals surface area (Å²) in [4.78, 5) is 15.9. The molecule has 3 aromatic heterocycles. The SMILES string of the molecule is Cc1nc2c(CNc3ncc(F)c(Nc4cc(C5CC5)[nH]n4)n3)cc(Cl)cc2[nH]1. The molecule has 0 atom stereocenters. The first-order valence-corrected chi connectivity index (χ1v) is 9.66. The molecule has 1 aliphatic carbocycles. The maximum atomic E-state index is 14.2. The predicted octanol–water partition coefficient (Wildman–Crippen LogP) is 4.41. The van der Waals surface area contributed by atoms with Crippen LogP contribution in [0.15, 0.2) is 24.4 Å². The molecule has 148 valence electrons. The molecule has 29 heavy (non-hydrogen) atoms. The second kappa shape index (κ2) is 7.00. The molecule has 5 rings (SSSR count). The smallest absolute Gasteiger partial charge is 0.225 e. The summed E-state index contributed by atoms with van der Waals surface area (Å²) >= 11 is 6.20. The van der Waals surface area contributed by atoms with Gasteiger partial charge in [0, 0.05) is 34.8 Å². The minimum atomic E-state index is -0.556. The molecule has 3 heterocycles. The predicted molar refractivity (Wildman–Crippen MR) is 109 cm³/mol. The zero-order valence-corrected chi connectivity index (χ0v) is 16.3. The van der Waals surface area contributed by atoms with Gasteiger partial charge in [0.05, 0.1) is 17.2 Å². The largest absolute Gasteiger partial charge is 0.350 e. The summed E-state index contributed by atoms with van der Waals surface area (Å²) in [5, 5.41) is 13.8. The fraction of sp³-hybridized carbons (Fsp3) is 0.263. The van der Waals surface area contributed by atoms with Crippen LogP contribution in [0, 0.1) is 12.7 Å². The van der Waals surface area contributed by atoms with E-state index in [9.17, 15) is 4.39 Å². The summed E-state index contributed by atoms with van der Waals surface area (Å²) in [6.07, 6.45) is 3.44. The van der Waals surface area contributed by atoms with E-state index in [1.165, 1.54) is 0 Å². The molecule has 0 bridgehead atoms. The van der Waals surface area contributed by atoms with Gasteiger partial charge >= 0.3 is 0 Å². The summed E-state index contributed by atoms with van der Waals surface area (Å²) in [7, 11) is 0. The van der Waals surface area contributed by atoms with Crippen molar-refractivity contribution in [2.24, 2.45) is 0 Å². The molecular formula is C19H18ClFN8. The Morgan fingerprint density at radius 1 is 1.24 bits per heavy atom. The molecular weight excluding hydrogens is 395 g/mol. The minimum Gasteiger partial charge on any atom is -0.350 e. The quantitative estimate of drug-likeness (QED) is 0.373. The standard InChI is InChI=1S/C19H18ClFN8/c1-9-24-15-5-12(20)4-11(17(15)25-9)7-22-19-23-8-13(21)18(27-19)26-16-6-14(28-29-16)10-2-3-10/h4-6,8,10H,2-3,7H2,1H3,(H,24,25)(H3,22,23,26,27,28,29). The third kappa shape index (κ3) is 3.73. The Balaban J connectivity index is 1.34. The number of imidazole rings is 1. The lowest BCUT2D eigenvalue weighted by Crippen LogP contribution is -2.07. The number of rotatable bonds is 6. The van der Waals surface area contributed by atoms with Crippen LogP contribution in [0.2, 0.25) is 5.02 Å². The van der Waals surface area contributed by atoms with Gasteiger partial charge in [-0.15, -0.1) is 0 Å². The van der Waals surface area contributed by atoms with Crippen molar-refractivity contribution in [3.05, 3.63) is 52.3 Å². The first kappa shape index (κ1) is 17.9. The normalized spacial score (nSPS) is 13.8. The number of hydrogen-bond donors (Lipinski definition) is 4. The Hall–Kier alpha value is -3.20. The Labute approximate surface area is 170 Å². The highest BCUT2D eigenvalue weighted by Gasteiger charge is 2.25.